The molecule has 0 saturated carbocycles. The fourth-order valence-corrected chi connectivity index (χ4v) is 6.16. The van der Waals surface area contributed by atoms with Crippen molar-refractivity contribution in [1.29, 1.82) is 5.26 Å². The van der Waals surface area contributed by atoms with Gasteiger partial charge >= 0.3 is 0 Å². The van der Waals surface area contributed by atoms with Crippen molar-refractivity contribution in [3.63, 3.8) is 0 Å². The number of rotatable bonds is 6. The van der Waals surface area contributed by atoms with Gasteiger partial charge in [0.2, 0.25) is 16.0 Å². The number of benzene rings is 2. The summed E-state index contributed by atoms with van der Waals surface area (Å²) in [6.45, 7) is 5.00. The molecule has 4 rings (SSSR count). The van der Waals surface area contributed by atoms with Gasteiger partial charge in [0.05, 0.1) is 18.1 Å². The highest BCUT2D eigenvalue weighted by atomic mass is 35.5. The van der Waals surface area contributed by atoms with Crippen LogP contribution in [0.5, 0.6) is 5.75 Å². The lowest BCUT2D eigenvalue weighted by atomic mass is 9.81. The molecule has 1 fully saturated rings. The van der Waals surface area contributed by atoms with E-state index >= 15 is 0 Å². The van der Waals surface area contributed by atoms with Crippen molar-refractivity contribution in [1.82, 2.24) is 9.62 Å². The number of aliphatic imine (C=N–C) groups is 1. The van der Waals surface area contributed by atoms with Crippen molar-refractivity contribution in [2.75, 3.05) is 31.6 Å². The molecular formula is C25H30ClN5O5S. The summed E-state index contributed by atoms with van der Waals surface area (Å²) in [6.07, 6.45) is 1.74. The van der Waals surface area contributed by atoms with E-state index in [1.807, 2.05) is 20.0 Å². The Bertz CT molecular complexity index is 1290. The van der Waals surface area contributed by atoms with Crippen molar-refractivity contribution in [3.8, 4) is 11.9 Å². The third-order valence-corrected chi connectivity index (χ3v) is 8.95. The second-order valence-corrected chi connectivity index (χ2v) is 11.2. The highest BCUT2D eigenvalue weighted by Gasteiger charge is 2.48. The minimum atomic E-state index is -3.80. The number of aliphatic hydroxyl groups is 1. The van der Waals surface area contributed by atoms with Gasteiger partial charge in [0.15, 0.2) is 6.19 Å². The number of guanidine groups is 1. The number of halogens is 1. The van der Waals surface area contributed by atoms with E-state index in [9.17, 15) is 18.8 Å². The predicted octanol–water partition coefficient (Wildman–Crippen LogP) is 3.25. The van der Waals surface area contributed by atoms with Gasteiger partial charge in [0, 0.05) is 29.4 Å². The predicted molar refractivity (Wildman–Crippen MR) is 140 cm³/mol. The Morgan fingerprint density at radius 3 is 2.51 bits per heavy atom. The van der Waals surface area contributed by atoms with E-state index in [1.54, 1.807) is 30.3 Å². The molecule has 0 unspecified atom stereocenters. The van der Waals surface area contributed by atoms with Crippen LogP contribution in [0.15, 0.2) is 52.4 Å². The summed E-state index contributed by atoms with van der Waals surface area (Å²) in [6, 6.07) is 10.5. The van der Waals surface area contributed by atoms with E-state index in [1.165, 1.54) is 16.4 Å². The van der Waals surface area contributed by atoms with Crippen molar-refractivity contribution in [2.45, 2.75) is 49.3 Å². The van der Waals surface area contributed by atoms with Gasteiger partial charge < -0.3 is 19.9 Å². The average molecular weight is 548 g/mol. The first kappa shape index (κ1) is 27.2. The zero-order chi connectivity index (χ0) is 26.6. The Labute approximate surface area is 221 Å². The minimum Gasteiger partial charge on any atom is -0.484 e. The summed E-state index contributed by atoms with van der Waals surface area (Å²) in [5.41, 5.74) is 0.0899. The highest BCUT2D eigenvalue weighted by molar-refractivity contribution is 7.89. The maximum absolute atomic E-state index is 13.3. The number of sulfonamides is 1. The summed E-state index contributed by atoms with van der Waals surface area (Å²) in [7, 11) is -3.80. The second kappa shape index (κ2) is 11.2. The van der Waals surface area contributed by atoms with E-state index < -0.39 is 27.8 Å². The van der Waals surface area contributed by atoms with Crippen LogP contribution in [0.1, 0.15) is 38.3 Å². The van der Waals surface area contributed by atoms with Gasteiger partial charge in [-0.25, -0.2) is 13.4 Å². The molecule has 1 saturated heterocycles. The first-order valence-corrected chi connectivity index (χ1v) is 13.9. The molecule has 0 amide bonds. The van der Waals surface area contributed by atoms with Crippen LogP contribution in [-0.4, -0.2) is 61.8 Å². The average Bonchev–Trinajstić information content (AvgIpc) is 2.91. The number of hydrogen-bond acceptors (Lipinski definition) is 7. The summed E-state index contributed by atoms with van der Waals surface area (Å²) in [4.78, 5) is 4.75. The Hall–Kier alpha value is -2.88. The lowest BCUT2D eigenvalue weighted by Gasteiger charge is -2.44. The standard InChI is InChI=1S/C25H30ClN5O5S/c1-3-25(4-2)23(32)22(30-24(28-16-27)29-18-7-5-17(26)6-8-18)20-15-19(9-10-21(20)36-25)37(33,34)31-11-13-35-14-12-31/h5-10,15,22-23,32H,3-4,11-14H2,1-2H3,(H2,28,29,30)/t22-,23+/m1/s1. The summed E-state index contributed by atoms with van der Waals surface area (Å²) in [5, 5.41) is 27.0. The number of anilines is 1. The van der Waals surface area contributed by atoms with E-state index in [0.29, 0.717) is 48.1 Å². The van der Waals surface area contributed by atoms with E-state index in [2.05, 4.69) is 15.6 Å². The lowest BCUT2D eigenvalue weighted by molar-refractivity contribution is -0.0855. The largest absolute Gasteiger partial charge is 0.484 e. The normalized spacial score (nSPS) is 21.9. The van der Waals surface area contributed by atoms with Crippen LogP contribution >= 0.6 is 11.6 Å². The van der Waals surface area contributed by atoms with Gasteiger partial charge in [-0.1, -0.05) is 25.4 Å². The monoisotopic (exact) mass is 547 g/mol. The topological polar surface area (TPSA) is 136 Å². The molecule has 2 aliphatic heterocycles. The van der Waals surface area contributed by atoms with Crippen molar-refractivity contribution < 1.29 is 23.0 Å². The molecule has 10 nitrogen and oxygen atoms in total. The number of nitrogens with zero attached hydrogens (tertiary/aromatic N) is 3. The second-order valence-electron chi connectivity index (χ2n) is 8.83. The van der Waals surface area contributed by atoms with Crippen LogP contribution in [0.2, 0.25) is 5.02 Å². The molecule has 0 radical (unpaired) electrons. The van der Waals surface area contributed by atoms with Gasteiger partial charge in [-0.2, -0.15) is 9.57 Å². The first-order valence-electron chi connectivity index (χ1n) is 12.1. The number of hydrogen-bond donors (Lipinski definition) is 3. The minimum absolute atomic E-state index is 0.0742. The van der Waals surface area contributed by atoms with Crippen molar-refractivity contribution in [3.05, 3.63) is 53.1 Å². The number of aliphatic hydroxyl groups excluding tert-OH is 1. The lowest BCUT2D eigenvalue weighted by Crippen LogP contribution is -2.52. The number of nitrogens with one attached hydrogen (secondary N) is 2. The Balaban J connectivity index is 1.79. The number of nitriles is 1. The fourth-order valence-electron chi connectivity index (χ4n) is 4.59. The molecule has 0 bridgehead atoms. The fraction of sp³-hybridized carbons (Fsp3) is 0.440. The first-order chi connectivity index (χ1) is 17.7. The molecule has 2 aromatic rings. The molecule has 2 aromatic carbocycles. The molecule has 37 heavy (non-hydrogen) atoms. The highest BCUT2D eigenvalue weighted by Crippen LogP contribution is 2.45. The van der Waals surface area contributed by atoms with Gasteiger partial charge in [0.1, 0.15) is 23.5 Å². The maximum atomic E-state index is 13.3. The molecule has 0 aliphatic carbocycles. The number of ether oxygens (including phenoxy) is 2. The summed E-state index contributed by atoms with van der Waals surface area (Å²) >= 11 is 5.98. The van der Waals surface area contributed by atoms with Crippen LogP contribution in [0.4, 0.5) is 5.69 Å². The third-order valence-electron chi connectivity index (χ3n) is 6.81. The third kappa shape index (κ3) is 5.54. The smallest absolute Gasteiger partial charge is 0.243 e. The van der Waals surface area contributed by atoms with Crippen molar-refractivity contribution >= 4 is 33.3 Å². The van der Waals surface area contributed by atoms with E-state index in [4.69, 9.17) is 21.1 Å². The van der Waals surface area contributed by atoms with Crippen LogP contribution in [0.25, 0.3) is 0 Å². The molecule has 2 aliphatic rings. The van der Waals surface area contributed by atoms with Gasteiger partial charge in [-0.15, -0.1) is 0 Å². The van der Waals surface area contributed by atoms with E-state index in [0.717, 1.165) is 0 Å². The van der Waals surface area contributed by atoms with Crippen molar-refractivity contribution in [2.24, 2.45) is 4.99 Å². The molecule has 2 atom stereocenters. The van der Waals surface area contributed by atoms with Crippen LogP contribution in [0.3, 0.4) is 0 Å². The van der Waals surface area contributed by atoms with E-state index in [-0.39, 0.29) is 23.9 Å². The molecule has 0 aromatic heterocycles. The Morgan fingerprint density at radius 2 is 1.89 bits per heavy atom. The van der Waals surface area contributed by atoms with Crippen LogP contribution in [0, 0.1) is 11.5 Å². The zero-order valence-corrected chi connectivity index (χ0v) is 22.2. The molecule has 0 spiro atoms. The molecule has 2 heterocycles. The summed E-state index contributed by atoms with van der Waals surface area (Å²) < 4.78 is 39.6. The molecule has 198 valence electrons. The number of morpholine rings is 1. The Kier molecular flexibility index (Phi) is 8.26. The molecule has 3 N–H and O–H groups in total. The van der Waals surface area contributed by atoms with Gasteiger partial charge in [-0.05, 0) is 55.3 Å². The van der Waals surface area contributed by atoms with Crippen LogP contribution in [-0.2, 0) is 14.8 Å². The summed E-state index contributed by atoms with van der Waals surface area (Å²) in [5.74, 6) is 0.524. The zero-order valence-electron chi connectivity index (χ0n) is 20.6. The maximum Gasteiger partial charge on any atom is 0.243 e. The quantitative estimate of drug-likeness (QED) is 0.217. The Morgan fingerprint density at radius 1 is 1.22 bits per heavy atom. The van der Waals surface area contributed by atoms with Gasteiger partial charge in [0.25, 0.3) is 0 Å². The molecule has 12 heteroatoms. The van der Waals surface area contributed by atoms with Gasteiger partial charge in [-0.3, -0.25) is 5.32 Å². The SMILES string of the molecule is CCC1(CC)Oc2ccc(S(=O)(=O)N3CCOCC3)cc2[C@@H](N=C(NC#N)Nc2ccc(Cl)cc2)[C@@H]1O. The molecular weight excluding hydrogens is 518 g/mol. The number of fused-ring (bicyclic) bond motifs is 1. The van der Waals surface area contributed by atoms with Crippen LogP contribution < -0.4 is 15.4 Å².